The maximum atomic E-state index is 14.1. The van der Waals surface area contributed by atoms with Crippen LogP contribution in [0.1, 0.15) is 83.0 Å². The molecule has 1 aromatic heterocycles. The lowest BCUT2D eigenvalue weighted by atomic mass is 9.82. The van der Waals surface area contributed by atoms with Crippen molar-refractivity contribution in [2.24, 2.45) is 5.92 Å². The Bertz CT molecular complexity index is 1460. The number of hydrogen-bond acceptors (Lipinski definition) is 6. The van der Waals surface area contributed by atoms with Gasteiger partial charge in [-0.1, -0.05) is 6.07 Å². The van der Waals surface area contributed by atoms with Crippen molar-refractivity contribution in [2.45, 2.75) is 69.2 Å². The zero-order chi connectivity index (χ0) is 29.8. The van der Waals surface area contributed by atoms with E-state index in [1.54, 1.807) is 11.6 Å². The Kier molecular flexibility index (Phi) is 7.21. The van der Waals surface area contributed by atoms with Crippen LogP contribution in [-0.2, 0) is 15.7 Å². The molecule has 3 atom stereocenters. The number of alkyl halides is 3. The number of halogens is 3. The Morgan fingerprint density at radius 2 is 1.90 bits per heavy atom. The van der Waals surface area contributed by atoms with Gasteiger partial charge in [0.15, 0.2) is 5.69 Å². The first kappa shape index (κ1) is 28.2. The molecule has 42 heavy (non-hydrogen) atoms. The molecule has 1 aromatic carbocycles. The van der Waals surface area contributed by atoms with E-state index in [0.29, 0.717) is 50.4 Å². The van der Waals surface area contributed by atoms with Crippen LogP contribution in [-0.4, -0.2) is 70.8 Å². The summed E-state index contributed by atoms with van der Waals surface area (Å²) in [6.45, 7) is 3.44. The number of nitriles is 1. The summed E-state index contributed by atoms with van der Waals surface area (Å²) in [5.74, 6) is -1.70. The van der Waals surface area contributed by atoms with Gasteiger partial charge in [0.05, 0.1) is 17.7 Å². The predicted molar refractivity (Wildman–Crippen MR) is 143 cm³/mol. The number of anilines is 1. The molecule has 0 spiro atoms. The van der Waals surface area contributed by atoms with E-state index in [-0.39, 0.29) is 29.8 Å². The molecule has 6 rings (SSSR count). The van der Waals surface area contributed by atoms with Gasteiger partial charge < -0.3 is 15.0 Å². The van der Waals surface area contributed by atoms with Gasteiger partial charge in [0.2, 0.25) is 0 Å². The standard InChI is InChI=1S/C29H31F3N6O4/c1-2-36-26-22(24(28(41)37-11-8-20(37)15-33)35-38(26)19-9-12-42-13-10-19)21(16-6-7-16)23(27(36)40)34-25(39)17-4-3-5-18(14-17)29(30,31)32/h3-5,14,16,19-21,23H,2,6-13H2,1H3,(H,34,39). The second-order valence-electron chi connectivity index (χ2n) is 11.3. The Morgan fingerprint density at radius 3 is 2.50 bits per heavy atom. The molecule has 3 unspecified atom stereocenters. The predicted octanol–water partition coefficient (Wildman–Crippen LogP) is 3.65. The minimum Gasteiger partial charge on any atom is -0.381 e. The Morgan fingerprint density at radius 1 is 1.17 bits per heavy atom. The van der Waals surface area contributed by atoms with Crippen molar-refractivity contribution in [3.05, 3.63) is 46.6 Å². The average molecular weight is 585 g/mol. The smallest absolute Gasteiger partial charge is 0.381 e. The molecule has 3 amide bonds. The summed E-state index contributed by atoms with van der Waals surface area (Å²) in [6, 6.07) is 4.44. The minimum atomic E-state index is -4.63. The number of aromatic nitrogens is 2. The fourth-order valence-electron chi connectivity index (χ4n) is 6.33. The summed E-state index contributed by atoms with van der Waals surface area (Å²) in [5, 5.41) is 17.1. The second-order valence-corrected chi connectivity index (χ2v) is 11.3. The van der Waals surface area contributed by atoms with E-state index < -0.39 is 47.5 Å². The van der Waals surface area contributed by atoms with Gasteiger partial charge in [-0.25, -0.2) is 4.68 Å². The summed E-state index contributed by atoms with van der Waals surface area (Å²) in [6.07, 6.45) is -1.26. The van der Waals surface area contributed by atoms with Crippen LogP contribution >= 0.6 is 0 Å². The maximum absolute atomic E-state index is 14.1. The van der Waals surface area contributed by atoms with Gasteiger partial charge in [-0.05, 0) is 63.1 Å². The quantitative estimate of drug-likeness (QED) is 0.554. The molecule has 1 aliphatic carbocycles. The summed E-state index contributed by atoms with van der Waals surface area (Å²) >= 11 is 0. The zero-order valence-electron chi connectivity index (χ0n) is 23.1. The number of likely N-dealkylation sites (tertiary alicyclic amines) is 1. The molecule has 13 heteroatoms. The molecule has 4 heterocycles. The van der Waals surface area contributed by atoms with Gasteiger partial charge in [-0.3, -0.25) is 19.3 Å². The number of rotatable bonds is 6. The van der Waals surface area contributed by atoms with Crippen LogP contribution < -0.4 is 10.2 Å². The van der Waals surface area contributed by atoms with Crippen molar-refractivity contribution in [3.63, 3.8) is 0 Å². The fourth-order valence-corrected chi connectivity index (χ4v) is 6.33. The van der Waals surface area contributed by atoms with Crippen LogP contribution in [0.5, 0.6) is 0 Å². The average Bonchev–Trinajstić information content (AvgIpc) is 3.72. The maximum Gasteiger partial charge on any atom is 0.416 e. The normalized spacial score (nSPS) is 24.5. The van der Waals surface area contributed by atoms with E-state index in [9.17, 15) is 32.8 Å². The Balaban J connectivity index is 1.44. The molecule has 1 N–H and O–H groups in total. The van der Waals surface area contributed by atoms with Crippen molar-refractivity contribution in [3.8, 4) is 6.07 Å². The molecule has 2 saturated heterocycles. The summed E-state index contributed by atoms with van der Waals surface area (Å²) < 4.78 is 47.4. The summed E-state index contributed by atoms with van der Waals surface area (Å²) in [5.41, 5.74) is -0.452. The van der Waals surface area contributed by atoms with Crippen LogP contribution in [0, 0.1) is 17.2 Å². The third kappa shape index (κ3) is 4.81. The molecule has 3 fully saturated rings. The molecule has 10 nitrogen and oxygen atoms in total. The van der Waals surface area contributed by atoms with Gasteiger partial charge in [0.1, 0.15) is 17.9 Å². The van der Waals surface area contributed by atoms with Crippen molar-refractivity contribution >= 4 is 23.5 Å². The largest absolute Gasteiger partial charge is 0.416 e. The van der Waals surface area contributed by atoms with Gasteiger partial charge in [0.25, 0.3) is 17.7 Å². The van der Waals surface area contributed by atoms with Gasteiger partial charge >= 0.3 is 6.18 Å². The number of nitrogens with zero attached hydrogens (tertiary/aromatic N) is 5. The van der Waals surface area contributed by atoms with Crippen molar-refractivity contribution < 1.29 is 32.3 Å². The Labute approximate surface area is 240 Å². The lowest BCUT2D eigenvalue weighted by Gasteiger charge is -2.40. The van der Waals surface area contributed by atoms with Crippen LogP contribution in [0.2, 0.25) is 0 Å². The highest BCUT2D eigenvalue weighted by molar-refractivity contribution is 6.07. The van der Waals surface area contributed by atoms with E-state index >= 15 is 0 Å². The van der Waals surface area contributed by atoms with Gasteiger partial charge in [-0.2, -0.15) is 23.5 Å². The molecule has 3 aliphatic heterocycles. The molecular formula is C29H31F3N6O4. The molecule has 0 bridgehead atoms. The minimum absolute atomic E-state index is 0.0273. The SMILES string of the molecule is CCN1C(=O)C(NC(=O)c2cccc(C(F)(F)F)c2)C(C2CC2)c2c(C(=O)N3CCC3C#N)nn(C3CCOCC3)c21. The van der Waals surface area contributed by atoms with Gasteiger partial charge in [0, 0.05) is 43.3 Å². The number of nitrogens with one attached hydrogen (secondary N) is 1. The number of benzene rings is 1. The van der Waals surface area contributed by atoms with Crippen molar-refractivity contribution in [1.29, 1.82) is 5.26 Å². The van der Waals surface area contributed by atoms with Crippen LogP contribution in [0.3, 0.4) is 0 Å². The third-order valence-corrected chi connectivity index (χ3v) is 8.75. The monoisotopic (exact) mass is 584 g/mol. The summed E-state index contributed by atoms with van der Waals surface area (Å²) in [7, 11) is 0. The van der Waals surface area contributed by atoms with Crippen molar-refractivity contribution in [2.75, 3.05) is 31.2 Å². The second kappa shape index (κ2) is 10.7. The van der Waals surface area contributed by atoms with Crippen molar-refractivity contribution in [1.82, 2.24) is 20.0 Å². The number of likely N-dealkylation sites (N-methyl/N-ethyl adjacent to an activating group) is 1. The summed E-state index contributed by atoms with van der Waals surface area (Å²) in [4.78, 5) is 44.3. The third-order valence-electron chi connectivity index (χ3n) is 8.75. The fraction of sp³-hybridized carbons (Fsp3) is 0.552. The number of fused-ring (bicyclic) bond motifs is 1. The lowest BCUT2D eigenvalue weighted by molar-refractivity contribution is -0.137. The van der Waals surface area contributed by atoms with Crippen LogP contribution in [0.25, 0.3) is 0 Å². The lowest BCUT2D eigenvalue weighted by Crippen LogP contribution is -2.56. The highest BCUT2D eigenvalue weighted by Crippen LogP contribution is 2.52. The Hall–Kier alpha value is -3.92. The molecule has 2 aromatic rings. The van der Waals surface area contributed by atoms with Crippen LogP contribution in [0.15, 0.2) is 24.3 Å². The molecular weight excluding hydrogens is 553 g/mol. The first-order valence-electron chi connectivity index (χ1n) is 14.3. The van der Waals surface area contributed by atoms with E-state index in [1.165, 1.54) is 15.9 Å². The topological polar surface area (TPSA) is 121 Å². The van der Waals surface area contributed by atoms with Crippen LogP contribution in [0.4, 0.5) is 19.0 Å². The van der Waals surface area contributed by atoms with E-state index in [1.807, 2.05) is 0 Å². The number of hydrogen-bond donors (Lipinski definition) is 1. The molecule has 0 radical (unpaired) electrons. The first-order chi connectivity index (χ1) is 20.1. The van der Waals surface area contributed by atoms with E-state index in [0.717, 1.165) is 31.0 Å². The zero-order valence-corrected chi connectivity index (χ0v) is 23.1. The highest BCUT2D eigenvalue weighted by atomic mass is 19.4. The van der Waals surface area contributed by atoms with E-state index in [2.05, 4.69) is 11.4 Å². The molecule has 1 saturated carbocycles. The number of amides is 3. The molecule has 222 valence electrons. The van der Waals surface area contributed by atoms with Gasteiger partial charge in [-0.15, -0.1) is 0 Å². The highest BCUT2D eigenvalue weighted by Gasteiger charge is 2.53. The first-order valence-corrected chi connectivity index (χ1v) is 14.3. The number of carbonyl (C=O) groups excluding carboxylic acids is 3. The molecule has 4 aliphatic rings. The number of ether oxygens (including phenoxy) is 1. The van der Waals surface area contributed by atoms with E-state index in [4.69, 9.17) is 9.84 Å². The number of carbonyl (C=O) groups is 3.